The van der Waals surface area contributed by atoms with Gasteiger partial charge in [0, 0.05) is 11.7 Å². The molecule has 0 bridgehead atoms. The van der Waals surface area contributed by atoms with Crippen LogP contribution in [0.25, 0.3) is 0 Å². The standard InChI is InChI=1S/C17H20FN/c1-11-5-7-16(12(2)9-11)14(4)19-15-6-8-17(18)13(3)10-15/h5-10,14,19H,1-4H3. The Morgan fingerprint density at radius 3 is 2.32 bits per heavy atom. The van der Waals surface area contributed by atoms with Gasteiger partial charge in [0.15, 0.2) is 0 Å². The van der Waals surface area contributed by atoms with Gasteiger partial charge >= 0.3 is 0 Å². The van der Waals surface area contributed by atoms with Gasteiger partial charge in [-0.1, -0.05) is 23.8 Å². The summed E-state index contributed by atoms with van der Waals surface area (Å²) in [6, 6.07) is 11.8. The molecule has 0 radical (unpaired) electrons. The molecular formula is C17H20FN. The monoisotopic (exact) mass is 257 g/mol. The Kier molecular flexibility index (Phi) is 3.89. The largest absolute Gasteiger partial charge is 0.379 e. The Labute approximate surface area is 114 Å². The average Bonchev–Trinajstić information content (AvgIpc) is 2.33. The van der Waals surface area contributed by atoms with Gasteiger partial charge in [-0.05, 0) is 62.6 Å². The average molecular weight is 257 g/mol. The zero-order valence-electron chi connectivity index (χ0n) is 11.9. The van der Waals surface area contributed by atoms with Crippen LogP contribution in [-0.2, 0) is 0 Å². The van der Waals surface area contributed by atoms with Crippen molar-refractivity contribution < 1.29 is 4.39 Å². The minimum Gasteiger partial charge on any atom is -0.379 e. The Hall–Kier alpha value is -1.83. The van der Waals surface area contributed by atoms with Crippen LogP contribution in [-0.4, -0.2) is 0 Å². The fraction of sp³-hybridized carbons (Fsp3) is 0.294. The molecule has 0 aliphatic carbocycles. The molecule has 2 rings (SSSR count). The number of hydrogen-bond acceptors (Lipinski definition) is 1. The maximum atomic E-state index is 13.2. The van der Waals surface area contributed by atoms with E-state index in [1.165, 1.54) is 22.8 Å². The summed E-state index contributed by atoms with van der Waals surface area (Å²) < 4.78 is 13.2. The lowest BCUT2D eigenvalue weighted by Crippen LogP contribution is -2.08. The zero-order valence-corrected chi connectivity index (χ0v) is 11.9. The van der Waals surface area contributed by atoms with Gasteiger partial charge in [-0.25, -0.2) is 4.39 Å². The highest BCUT2D eigenvalue weighted by Gasteiger charge is 2.09. The number of anilines is 1. The Balaban J connectivity index is 2.20. The van der Waals surface area contributed by atoms with Crippen molar-refractivity contribution >= 4 is 5.69 Å². The number of rotatable bonds is 3. The second kappa shape index (κ2) is 5.43. The summed E-state index contributed by atoms with van der Waals surface area (Å²) in [6.45, 7) is 8.12. The molecule has 0 aliphatic heterocycles. The number of aryl methyl sites for hydroxylation is 3. The van der Waals surface area contributed by atoms with Crippen LogP contribution in [0.4, 0.5) is 10.1 Å². The van der Waals surface area contributed by atoms with Gasteiger partial charge in [0.1, 0.15) is 5.82 Å². The van der Waals surface area contributed by atoms with E-state index >= 15 is 0 Å². The van der Waals surface area contributed by atoms with Crippen LogP contribution in [0, 0.1) is 26.6 Å². The van der Waals surface area contributed by atoms with Crippen LogP contribution in [0.15, 0.2) is 36.4 Å². The predicted molar refractivity (Wildman–Crippen MR) is 79.1 cm³/mol. The van der Waals surface area contributed by atoms with E-state index in [9.17, 15) is 4.39 Å². The first kappa shape index (κ1) is 13.6. The molecule has 1 N–H and O–H groups in total. The predicted octanol–water partition coefficient (Wildman–Crippen LogP) is 4.92. The first-order valence-electron chi connectivity index (χ1n) is 6.57. The van der Waals surface area contributed by atoms with Gasteiger partial charge in [0.2, 0.25) is 0 Å². The second-order valence-corrected chi connectivity index (χ2v) is 5.19. The van der Waals surface area contributed by atoms with E-state index in [2.05, 4.69) is 44.3 Å². The lowest BCUT2D eigenvalue weighted by Gasteiger charge is -2.18. The van der Waals surface area contributed by atoms with Gasteiger partial charge in [-0.2, -0.15) is 0 Å². The molecule has 19 heavy (non-hydrogen) atoms. The molecule has 0 heterocycles. The molecule has 0 saturated carbocycles. The molecule has 0 fully saturated rings. The van der Waals surface area contributed by atoms with E-state index in [4.69, 9.17) is 0 Å². The molecule has 100 valence electrons. The van der Waals surface area contributed by atoms with Crippen molar-refractivity contribution in [2.45, 2.75) is 33.7 Å². The van der Waals surface area contributed by atoms with Gasteiger partial charge in [0.25, 0.3) is 0 Å². The zero-order chi connectivity index (χ0) is 14.0. The van der Waals surface area contributed by atoms with Crippen LogP contribution in [0.3, 0.4) is 0 Å². The molecule has 0 saturated heterocycles. The maximum Gasteiger partial charge on any atom is 0.126 e. The summed E-state index contributed by atoms with van der Waals surface area (Å²) in [5.74, 6) is -0.162. The van der Waals surface area contributed by atoms with E-state index in [0.29, 0.717) is 5.56 Å². The third-order valence-corrected chi connectivity index (χ3v) is 3.43. The lowest BCUT2D eigenvalue weighted by molar-refractivity contribution is 0.618. The van der Waals surface area contributed by atoms with E-state index in [0.717, 1.165) is 5.69 Å². The summed E-state index contributed by atoms with van der Waals surface area (Å²) in [4.78, 5) is 0. The molecule has 1 unspecified atom stereocenters. The van der Waals surface area contributed by atoms with Crippen molar-refractivity contribution in [3.05, 3.63) is 64.5 Å². The fourth-order valence-corrected chi connectivity index (χ4v) is 2.37. The first-order valence-corrected chi connectivity index (χ1v) is 6.57. The SMILES string of the molecule is Cc1ccc(C(C)Nc2ccc(F)c(C)c2)c(C)c1. The molecule has 0 aromatic heterocycles. The quantitative estimate of drug-likeness (QED) is 0.822. The summed E-state index contributed by atoms with van der Waals surface area (Å²) in [7, 11) is 0. The number of benzene rings is 2. The van der Waals surface area contributed by atoms with Gasteiger partial charge in [-0.15, -0.1) is 0 Å². The second-order valence-electron chi connectivity index (χ2n) is 5.19. The van der Waals surface area contributed by atoms with E-state index in [-0.39, 0.29) is 11.9 Å². The molecule has 2 aromatic carbocycles. The highest BCUT2D eigenvalue weighted by molar-refractivity contribution is 5.48. The molecule has 0 amide bonds. The Morgan fingerprint density at radius 1 is 0.947 bits per heavy atom. The topological polar surface area (TPSA) is 12.0 Å². The minimum absolute atomic E-state index is 0.162. The van der Waals surface area contributed by atoms with Crippen molar-refractivity contribution in [1.82, 2.24) is 0 Å². The molecule has 2 heteroatoms. The number of halogens is 1. The normalized spacial score (nSPS) is 12.3. The molecular weight excluding hydrogens is 237 g/mol. The third kappa shape index (κ3) is 3.14. The summed E-state index contributed by atoms with van der Waals surface area (Å²) >= 11 is 0. The highest BCUT2D eigenvalue weighted by atomic mass is 19.1. The van der Waals surface area contributed by atoms with Crippen molar-refractivity contribution in [3.8, 4) is 0 Å². The molecule has 2 aromatic rings. The maximum absolute atomic E-state index is 13.2. The van der Waals surface area contributed by atoms with Gasteiger partial charge in [-0.3, -0.25) is 0 Å². The Morgan fingerprint density at radius 2 is 1.68 bits per heavy atom. The molecule has 0 aliphatic rings. The van der Waals surface area contributed by atoms with Crippen LogP contribution >= 0.6 is 0 Å². The highest BCUT2D eigenvalue weighted by Crippen LogP contribution is 2.24. The molecule has 1 nitrogen and oxygen atoms in total. The van der Waals surface area contributed by atoms with Crippen molar-refractivity contribution in [2.75, 3.05) is 5.32 Å². The van der Waals surface area contributed by atoms with E-state index in [1.54, 1.807) is 13.0 Å². The van der Waals surface area contributed by atoms with Crippen LogP contribution in [0.5, 0.6) is 0 Å². The van der Waals surface area contributed by atoms with Crippen molar-refractivity contribution in [1.29, 1.82) is 0 Å². The number of hydrogen-bond donors (Lipinski definition) is 1. The summed E-state index contributed by atoms with van der Waals surface area (Å²) in [5.41, 5.74) is 5.43. The minimum atomic E-state index is -0.162. The van der Waals surface area contributed by atoms with E-state index < -0.39 is 0 Å². The lowest BCUT2D eigenvalue weighted by atomic mass is 10.00. The van der Waals surface area contributed by atoms with Crippen molar-refractivity contribution in [3.63, 3.8) is 0 Å². The van der Waals surface area contributed by atoms with Crippen LogP contribution < -0.4 is 5.32 Å². The first-order chi connectivity index (χ1) is 8.97. The number of nitrogens with one attached hydrogen (secondary N) is 1. The fourth-order valence-electron chi connectivity index (χ4n) is 2.37. The molecule has 1 atom stereocenters. The molecule has 0 spiro atoms. The van der Waals surface area contributed by atoms with Gasteiger partial charge in [0.05, 0.1) is 0 Å². The smallest absolute Gasteiger partial charge is 0.126 e. The van der Waals surface area contributed by atoms with E-state index in [1.807, 2.05) is 6.07 Å². The summed E-state index contributed by atoms with van der Waals surface area (Å²) in [6.07, 6.45) is 0. The van der Waals surface area contributed by atoms with Crippen LogP contribution in [0.2, 0.25) is 0 Å². The Bertz CT molecular complexity index is 590. The van der Waals surface area contributed by atoms with Crippen molar-refractivity contribution in [2.24, 2.45) is 0 Å². The summed E-state index contributed by atoms with van der Waals surface area (Å²) in [5, 5.41) is 3.42. The van der Waals surface area contributed by atoms with Gasteiger partial charge < -0.3 is 5.32 Å². The van der Waals surface area contributed by atoms with Crippen LogP contribution in [0.1, 0.15) is 35.2 Å². The third-order valence-electron chi connectivity index (χ3n) is 3.43.